The van der Waals surface area contributed by atoms with Crippen LogP contribution >= 0.6 is 11.6 Å². The maximum absolute atomic E-state index is 12.0. The summed E-state index contributed by atoms with van der Waals surface area (Å²) in [5, 5.41) is 3.63. The fourth-order valence-electron chi connectivity index (χ4n) is 1.90. The number of hydrogen-bond acceptors (Lipinski definition) is 2. The van der Waals surface area contributed by atoms with E-state index in [4.69, 9.17) is 17.3 Å². The van der Waals surface area contributed by atoms with Gasteiger partial charge >= 0.3 is 0 Å². The Bertz CT molecular complexity index is 432. The van der Waals surface area contributed by atoms with Gasteiger partial charge in [0.05, 0.1) is 0 Å². The lowest BCUT2D eigenvalue weighted by Gasteiger charge is -2.14. The largest absolute Gasteiger partial charge is 0.328 e. The van der Waals surface area contributed by atoms with Crippen LogP contribution in [0.2, 0.25) is 5.02 Å². The summed E-state index contributed by atoms with van der Waals surface area (Å²) in [6.45, 7) is 5.87. The van der Waals surface area contributed by atoms with Gasteiger partial charge in [0.2, 0.25) is 5.91 Å². The Morgan fingerprint density at radius 3 is 2.63 bits per heavy atom. The predicted octanol–water partition coefficient (Wildman–Crippen LogP) is 3.74. The number of rotatable bonds is 6. The molecule has 0 aromatic heterocycles. The lowest BCUT2D eigenvalue weighted by atomic mass is 10.0. The molecule has 0 spiro atoms. The third kappa shape index (κ3) is 5.62. The molecule has 4 heteroatoms. The molecule has 1 amide bonds. The van der Waals surface area contributed by atoms with Crippen LogP contribution < -0.4 is 11.1 Å². The minimum absolute atomic E-state index is 0.00571. The first-order chi connectivity index (χ1) is 8.90. The molecule has 2 unspecified atom stereocenters. The fraction of sp³-hybridized carbons (Fsp3) is 0.533. The molecule has 3 nitrogen and oxygen atoms in total. The van der Waals surface area contributed by atoms with E-state index in [2.05, 4.69) is 5.32 Å². The topological polar surface area (TPSA) is 55.1 Å². The molecule has 1 aromatic rings. The molecule has 0 saturated carbocycles. The number of benzene rings is 1. The van der Waals surface area contributed by atoms with E-state index in [1.165, 1.54) is 0 Å². The minimum Gasteiger partial charge on any atom is -0.328 e. The summed E-state index contributed by atoms with van der Waals surface area (Å²) in [5.74, 6) is 0.0453. The van der Waals surface area contributed by atoms with Crippen molar-refractivity contribution >= 4 is 23.2 Å². The van der Waals surface area contributed by atoms with Crippen molar-refractivity contribution in [3.05, 3.63) is 28.8 Å². The SMILES string of the molecule is Cc1cc(Cl)ccc1NC(=O)C(C)CCCC(C)N. The molecule has 0 fully saturated rings. The van der Waals surface area contributed by atoms with Gasteiger partial charge in [-0.1, -0.05) is 24.9 Å². The second-order valence-electron chi connectivity index (χ2n) is 5.26. The fourth-order valence-corrected chi connectivity index (χ4v) is 2.13. The van der Waals surface area contributed by atoms with Gasteiger partial charge in [-0.25, -0.2) is 0 Å². The monoisotopic (exact) mass is 282 g/mol. The van der Waals surface area contributed by atoms with E-state index in [1.807, 2.05) is 32.9 Å². The van der Waals surface area contributed by atoms with Crippen LogP contribution in [0.25, 0.3) is 0 Å². The molecule has 0 aliphatic rings. The van der Waals surface area contributed by atoms with Crippen molar-refractivity contribution in [1.82, 2.24) is 0 Å². The Labute approximate surface area is 120 Å². The number of nitrogens with one attached hydrogen (secondary N) is 1. The highest BCUT2D eigenvalue weighted by Gasteiger charge is 2.13. The first-order valence-corrected chi connectivity index (χ1v) is 7.10. The van der Waals surface area contributed by atoms with E-state index < -0.39 is 0 Å². The maximum Gasteiger partial charge on any atom is 0.227 e. The van der Waals surface area contributed by atoms with Crippen LogP contribution in [0.1, 0.15) is 38.7 Å². The van der Waals surface area contributed by atoms with Gasteiger partial charge < -0.3 is 11.1 Å². The molecular formula is C15H23ClN2O. The molecule has 0 heterocycles. The highest BCUT2D eigenvalue weighted by molar-refractivity contribution is 6.30. The van der Waals surface area contributed by atoms with E-state index in [9.17, 15) is 4.79 Å². The standard InChI is InChI=1S/C15H23ClN2O/c1-10(5-4-6-12(3)17)15(19)18-14-8-7-13(16)9-11(14)2/h7-10,12H,4-6,17H2,1-3H3,(H,18,19). The average Bonchev–Trinajstić information content (AvgIpc) is 2.32. The second kappa shape index (κ2) is 7.51. The third-order valence-electron chi connectivity index (χ3n) is 3.19. The van der Waals surface area contributed by atoms with Crippen molar-refractivity contribution < 1.29 is 4.79 Å². The molecule has 0 aliphatic carbocycles. The number of nitrogens with two attached hydrogens (primary N) is 1. The molecule has 1 aromatic carbocycles. The minimum atomic E-state index is -0.00571. The van der Waals surface area contributed by atoms with Gasteiger partial charge in [0, 0.05) is 22.7 Å². The van der Waals surface area contributed by atoms with Gasteiger partial charge in [-0.3, -0.25) is 4.79 Å². The van der Waals surface area contributed by atoms with Crippen LogP contribution in [-0.2, 0) is 4.79 Å². The Balaban J connectivity index is 2.49. The summed E-state index contributed by atoms with van der Waals surface area (Å²) in [7, 11) is 0. The van der Waals surface area contributed by atoms with Crippen molar-refractivity contribution in [2.75, 3.05) is 5.32 Å². The molecule has 0 radical (unpaired) electrons. The molecule has 0 aliphatic heterocycles. The van der Waals surface area contributed by atoms with Gasteiger partial charge in [0.1, 0.15) is 0 Å². The van der Waals surface area contributed by atoms with Crippen molar-refractivity contribution in [1.29, 1.82) is 0 Å². The summed E-state index contributed by atoms with van der Waals surface area (Å²) in [5.41, 5.74) is 7.50. The summed E-state index contributed by atoms with van der Waals surface area (Å²) in [6.07, 6.45) is 2.80. The zero-order chi connectivity index (χ0) is 14.4. The number of halogens is 1. The van der Waals surface area contributed by atoms with Crippen LogP contribution in [0, 0.1) is 12.8 Å². The maximum atomic E-state index is 12.0. The van der Waals surface area contributed by atoms with E-state index >= 15 is 0 Å². The first-order valence-electron chi connectivity index (χ1n) is 6.72. The van der Waals surface area contributed by atoms with Gasteiger partial charge in [-0.05, 0) is 50.5 Å². The lowest BCUT2D eigenvalue weighted by molar-refractivity contribution is -0.119. The summed E-state index contributed by atoms with van der Waals surface area (Å²) >= 11 is 5.89. The van der Waals surface area contributed by atoms with Gasteiger partial charge in [0.15, 0.2) is 0 Å². The normalized spacial score (nSPS) is 13.9. The summed E-state index contributed by atoms with van der Waals surface area (Å²) in [4.78, 5) is 12.0. The average molecular weight is 283 g/mol. The summed E-state index contributed by atoms with van der Waals surface area (Å²) in [6, 6.07) is 5.67. The van der Waals surface area contributed by atoms with Crippen LogP contribution in [-0.4, -0.2) is 11.9 Å². The number of amides is 1. The van der Waals surface area contributed by atoms with Gasteiger partial charge in [-0.2, -0.15) is 0 Å². The smallest absolute Gasteiger partial charge is 0.227 e. The number of anilines is 1. The van der Waals surface area contributed by atoms with E-state index in [0.717, 1.165) is 30.5 Å². The molecule has 3 N–H and O–H groups in total. The third-order valence-corrected chi connectivity index (χ3v) is 3.43. The van der Waals surface area contributed by atoms with Crippen LogP contribution in [0.15, 0.2) is 18.2 Å². The van der Waals surface area contributed by atoms with Crippen LogP contribution in [0.4, 0.5) is 5.69 Å². The van der Waals surface area contributed by atoms with Crippen LogP contribution in [0.3, 0.4) is 0 Å². The number of hydrogen-bond donors (Lipinski definition) is 2. The van der Waals surface area contributed by atoms with Gasteiger partial charge in [0.25, 0.3) is 0 Å². The lowest BCUT2D eigenvalue weighted by Crippen LogP contribution is -2.22. The Morgan fingerprint density at radius 1 is 1.37 bits per heavy atom. The predicted molar refractivity (Wildman–Crippen MR) is 81.5 cm³/mol. The zero-order valence-electron chi connectivity index (χ0n) is 11.9. The Kier molecular flexibility index (Phi) is 6.32. The second-order valence-corrected chi connectivity index (χ2v) is 5.69. The van der Waals surface area contributed by atoms with Crippen molar-refractivity contribution in [2.24, 2.45) is 11.7 Å². The highest BCUT2D eigenvalue weighted by Crippen LogP contribution is 2.21. The number of aryl methyl sites for hydroxylation is 1. The molecule has 0 bridgehead atoms. The number of carbonyl (C=O) groups is 1. The highest BCUT2D eigenvalue weighted by atomic mass is 35.5. The molecule has 0 saturated heterocycles. The Morgan fingerprint density at radius 2 is 2.05 bits per heavy atom. The van der Waals surface area contributed by atoms with Crippen LogP contribution in [0.5, 0.6) is 0 Å². The number of carbonyl (C=O) groups excluding carboxylic acids is 1. The zero-order valence-corrected chi connectivity index (χ0v) is 12.6. The molecule has 2 atom stereocenters. The Hall–Kier alpha value is -1.06. The first kappa shape index (κ1) is 16.0. The van der Waals surface area contributed by atoms with Crippen molar-refractivity contribution in [3.8, 4) is 0 Å². The van der Waals surface area contributed by atoms with Crippen molar-refractivity contribution in [2.45, 2.75) is 46.1 Å². The molecule has 19 heavy (non-hydrogen) atoms. The van der Waals surface area contributed by atoms with E-state index in [0.29, 0.717) is 5.02 Å². The summed E-state index contributed by atoms with van der Waals surface area (Å²) < 4.78 is 0. The van der Waals surface area contributed by atoms with E-state index in [-0.39, 0.29) is 17.9 Å². The molecule has 106 valence electrons. The quantitative estimate of drug-likeness (QED) is 0.835. The molecule has 1 rings (SSSR count). The van der Waals surface area contributed by atoms with Gasteiger partial charge in [-0.15, -0.1) is 0 Å². The molecular weight excluding hydrogens is 260 g/mol. The van der Waals surface area contributed by atoms with E-state index in [1.54, 1.807) is 6.07 Å². The van der Waals surface area contributed by atoms with Crippen molar-refractivity contribution in [3.63, 3.8) is 0 Å².